The topological polar surface area (TPSA) is 95.9 Å². The third kappa shape index (κ3) is 51.3. The van der Waals surface area contributed by atoms with Gasteiger partial charge < -0.3 is 20.3 Å². The maximum atomic E-state index is 12.5. The molecule has 6 heteroatoms. The number of amides is 1. The summed E-state index contributed by atoms with van der Waals surface area (Å²) in [5, 5.41) is 23.1. The molecule has 0 saturated carbocycles. The lowest BCUT2D eigenvalue weighted by molar-refractivity contribution is -0.143. The quantitative estimate of drug-likeness (QED) is 0.0321. The van der Waals surface area contributed by atoms with Gasteiger partial charge in [-0.05, 0) is 83.5 Å². The van der Waals surface area contributed by atoms with Gasteiger partial charge in [0.15, 0.2) is 0 Å². The molecule has 0 radical (unpaired) electrons. The van der Waals surface area contributed by atoms with Gasteiger partial charge >= 0.3 is 5.97 Å². The molecule has 0 aliphatic rings. The number of hydrogen-bond donors (Lipinski definition) is 3. The van der Waals surface area contributed by atoms with Crippen LogP contribution >= 0.6 is 0 Å². The van der Waals surface area contributed by atoms with Gasteiger partial charge in [-0.2, -0.15) is 0 Å². The number of carbonyl (C=O) groups is 2. The van der Waals surface area contributed by atoms with E-state index in [2.05, 4.69) is 43.5 Å². The number of hydrogen-bond acceptors (Lipinski definition) is 5. The molecule has 0 aliphatic carbocycles. The Hall–Kier alpha value is -1.92. The van der Waals surface area contributed by atoms with E-state index in [0.717, 1.165) is 77.0 Å². The number of esters is 1. The number of ether oxygens (including phenoxy) is 1. The molecule has 0 heterocycles. The highest BCUT2D eigenvalue weighted by Gasteiger charge is 2.18. The summed E-state index contributed by atoms with van der Waals surface area (Å²) in [5.74, 6) is -0.150. The van der Waals surface area contributed by atoms with Gasteiger partial charge in [0.1, 0.15) is 0 Å². The third-order valence-corrected chi connectivity index (χ3v) is 13.1. The van der Waals surface area contributed by atoms with E-state index in [1.165, 1.54) is 199 Å². The molecule has 0 aliphatic heterocycles. The minimum absolute atomic E-state index is 0.0474. The Balaban J connectivity index is 3.55. The van der Waals surface area contributed by atoms with E-state index >= 15 is 0 Å². The van der Waals surface area contributed by atoms with Crippen LogP contribution in [0.2, 0.25) is 0 Å². The van der Waals surface area contributed by atoms with Crippen molar-refractivity contribution in [2.45, 2.75) is 315 Å². The average molecular weight is 915 g/mol. The van der Waals surface area contributed by atoms with E-state index in [0.29, 0.717) is 19.4 Å². The molecule has 65 heavy (non-hydrogen) atoms. The van der Waals surface area contributed by atoms with Crippen molar-refractivity contribution >= 4 is 11.9 Å². The van der Waals surface area contributed by atoms with E-state index in [1.54, 1.807) is 6.08 Å². The first-order valence-electron chi connectivity index (χ1n) is 28.8. The van der Waals surface area contributed by atoms with Gasteiger partial charge in [0.25, 0.3) is 0 Å². The summed E-state index contributed by atoms with van der Waals surface area (Å²) in [6, 6.07) is -0.655. The predicted octanol–water partition coefficient (Wildman–Crippen LogP) is 17.6. The molecule has 0 spiro atoms. The Morgan fingerprint density at radius 2 is 0.723 bits per heavy atom. The lowest BCUT2D eigenvalue weighted by Crippen LogP contribution is -2.45. The van der Waals surface area contributed by atoms with E-state index in [9.17, 15) is 19.8 Å². The Labute approximate surface area is 404 Å². The SMILES string of the molecule is CCCCCC/C=C\CCCCCCCC(=O)OCCCC/C=C\CCCCCCC(=O)NC(CO)C(O)/C=C/CCCCCCCCCCCCCCCCCCCCCCCCC. The highest BCUT2D eigenvalue weighted by molar-refractivity contribution is 5.76. The molecule has 2 unspecified atom stereocenters. The molecule has 0 aromatic rings. The maximum Gasteiger partial charge on any atom is 0.305 e. The van der Waals surface area contributed by atoms with E-state index < -0.39 is 12.1 Å². The Bertz CT molecular complexity index is 1060. The number of nitrogens with one attached hydrogen (secondary N) is 1. The van der Waals surface area contributed by atoms with Crippen LogP contribution in [0, 0.1) is 0 Å². The van der Waals surface area contributed by atoms with Crippen LogP contribution in [-0.4, -0.2) is 47.4 Å². The highest BCUT2D eigenvalue weighted by Crippen LogP contribution is 2.17. The Morgan fingerprint density at radius 1 is 0.415 bits per heavy atom. The lowest BCUT2D eigenvalue weighted by Gasteiger charge is -2.20. The zero-order valence-electron chi connectivity index (χ0n) is 43.5. The second-order valence-electron chi connectivity index (χ2n) is 19.6. The number of aliphatic hydroxyl groups excluding tert-OH is 2. The van der Waals surface area contributed by atoms with Gasteiger partial charge in [-0.25, -0.2) is 0 Å². The number of carbonyl (C=O) groups excluding carboxylic acids is 2. The van der Waals surface area contributed by atoms with Crippen LogP contribution in [0.1, 0.15) is 303 Å². The summed E-state index contributed by atoms with van der Waals surface area (Å²) in [6.07, 6.45) is 67.4. The van der Waals surface area contributed by atoms with Crippen LogP contribution in [0.5, 0.6) is 0 Å². The Kier molecular flexibility index (Phi) is 53.1. The van der Waals surface area contributed by atoms with E-state index in [-0.39, 0.29) is 18.5 Å². The largest absolute Gasteiger partial charge is 0.466 e. The lowest BCUT2D eigenvalue weighted by atomic mass is 10.0. The van der Waals surface area contributed by atoms with Gasteiger partial charge in [0, 0.05) is 12.8 Å². The molecule has 3 N–H and O–H groups in total. The minimum Gasteiger partial charge on any atom is -0.466 e. The molecule has 0 rings (SSSR count). The van der Waals surface area contributed by atoms with Crippen LogP contribution in [0.3, 0.4) is 0 Å². The van der Waals surface area contributed by atoms with Gasteiger partial charge in [-0.1, -0.05) is 243 Å². The number of allylic oxidation sites excluding steroid dienone is 5. The van der Waals surface area contributed by atoms with Gasteiger partial charge in [-0.3, -0.25) is 9.59 Å². The fourth-order valence-electron chi connectivity index (χ4n) is 8.68. The molecular formula is C59H111NO5. The molecule has 2 atom stereocenters. The molecule has 0 saturated heterocycles. The van der Waals surface area contributed by atoms with Crippen molar-refractivity contribution in [1.82, 2.24) is 5.32 Å². The van der Waals surface area contributed by atoms with Crippen LogP contribution < -0.4 is 5.32 Å². The molecule has 1 amide bonds. The number of unbranched alkanes of at least 4 members (excludes halogenated alkanes) is 38. The van der Waals surface area contributed by atoms with E-state index in [4.69, 9.17) is 4.74 Å². The summed E-state index contributed by atoms with van der Waals surface area (Å²) < 4.78 is 5.42. The summed E-state index contributed by atoms with van der Waals surface area (Å²) in [5.41, 5.74) is 0. The second kappa shape index (κ2) is 54.7. The Morgan fingerprint density at radius 3 is 1.11 bits per heavy atom. The van der Waals surface area contributed by atoms with Gasteiger partial charge in [0.2, 0.25) is 5.91 Å². The standard InChI is InChI=1S/C59H111NO5/c1-3-5-7-9-11-13-15-17-18-19-20-21-22-23-24-25-26-27-28-30-31-35-39-43-47-51-57(62)56(55-61)60-58(63)52-48-44-40-36-33-34-38-42-46-50-54-65-59(64)53-49-45-41-37-32-29-16-14-12-10-8-6-4-2/h14,16,34,38,47,51,56-57,61-62H,3-13,15,17-33,35-37,39-46,48-50,52-55H2,1-2H3,(H,60,63)/b16-14-,38-34-,51-47+. The van der Waals surface area contributed by atoms with Crippen LogP contribution in [0.4, 0.5) is 0 Å². The average Bonchev–Trinajstić information content (AvgIpc) is 3.31. The van der Waals surface area contributed by atoms with Gasteiger partial charge in [0.05, 0.1) is 25.4 Å². The van der Waals surface area contributed by atoms with Crippen molar-refractivity contribution < 1.29 is 24.5 Å². The summed E-state index contributed by atoms with van der Waals surface area (Å²) in [6.45, 7) is 4.81. The predicted molar refractivity (Wildman–Crippen MR) is 283 cm³/mol. The monoisotopic (exact) mass is 914 g/mol. The molecule has 6 nitrogen and oxygen atoms in total. The zero-order valence-corrected chi connectivity index (χ0v) is 43.5. The smallest absolute Gasteiger partial charge is 0.305 e. The van der Waals surface area contributed by atoms with Crippen LogP contribution in [-0.2, 0) is 14.3 Å². The second-order valence-corrected chi connectivity index (χ2v) is 19.6. The highest BCUT2D eigenvalue weighted by atomic mass is 16.5. The first-order chi connectivity index (χ1) is 32.0. The summed E-state index contributed by atoms with van der Waals surface area (Å²) in [7, 11) is 0. The van der Waals surface area contributed by atoms with Crippen molar-refractivity contribution in [1.29, 1.82) is 0 Å². The summed E-state index contributed by atoms with van der Waals surface area (Å²) in [4.78, 5) is 24.5. The normalized spacial score (nSPS) is 12.9. The van der Waals surface area contributed by atoms with Crippen molar-refractivity contribution in [3.63, 3.8) is 0 Å². The first-order valence-corrected chi connectivity index (χ1v) is 28.8. The molecule has 0 bridgehead atoms. The van der Waals surface area contributed by atoms with Crippen LogP contribution in [0.25, 0.3) is 0 Å². The molecule has 0 fully saturated rings. The molecule has 0 aromatic heterocycles. The van der Waals surface area contributed by atoms with Crippen molar-refractivity contribution in [2.75, 3.05) is 13.2 Å². The summed E-state index contributed by atoms with van der Waals surface area (Å²) >= 11 is 0. The maximum absolute atomic E-state index is 12.5. The van der Waals surface area contributed by atoms with E-state index in [1.807, 2.05) is 6.08 Å². The number of aliphatic hydroxyl groups is 2. The third-order valence-electron chi connectivity index (χ3n) is 13.1. The molecule has 382 valence electrons. The van der Waals surface area contributed by atoms with Crippen LogP contribution in [0.15, 0.2) is 36.5 Å². The number of rotatable bonds is 53. The zero-order chi connectivity index (χ0) is 47.2. The van der Waals surface area contributed by atoms with Gasteiger partial charge in [-0.15, -0.1) is 0 Å². The fourth-order valence-corrected chi connectivity index (χ4v) is 8.68. The first kappa shape index (κ1) is 63.1. The molecular weight excluding hydrogens is 803 g/mol. The van der Waals surface area contributed by atoms with Crippen molar-refractivity contribution in [3.8, 4) is 0 Å². The molecule has 0 aromatic carbocycles. The van der Waals surface area contributed by atoms with Crippen molar-refractivity contribution in [2.24, 2.45) is 0 Å². The van der Waals surface area contributed by atoms with Crippen molar-refractivity contribution in [3.05, 3.63) is 36.5 Å². The fraction of sp³-hybridized carbons (Fsp3) is 0.864. The minimum atomic E-state index is -0.868.